The second-order valence-electron chi connectivity index (χ2n) is 4.83. The van der Waals surface area contributed by atoms with Crippen LogP contribution in [0.1, 0.15) is 39.3 Å². The predicted molar refractivity (Wildman–Crippen MR) is 78.4 cm³/mol. The van der Waals surface area contributed by atoms with E-state index >= 15 is 0 Å². The number of rotatable bonds is 5. The highest BCUT2D eigenvalue weighted by molar-refractivity contribution is 9.10. The smallest absolute Gasteiger partial charge is 0.237 e. The fraction of sp³-hybridized carbons (Fsp3) is 0.500. The summed E-state index contributed by atoms with van der Waals surface area (Å²) in [5.74, 6) is 0.0341. The quantitative estimate of drug-likeness (QED) is 0.877. The maximum atomic E-state index is 11.8. The van der Waals surface area contributed by atoms with Gasteiger partial charge >= 0.3 is 0 Å². The molecular formula is C14H21BrN2O. The Bertz CT molecular complexity index is 407. The van der Waals surface area contributed by atoms with E-state index < -0.39 is 0 Å². The van der Waals surface area contributed by atoms with E-state index in [1.165, 1.54) is 0 Å². The zero-order valence-electron chi connectivity index (χ0n) is 11.3. The van der Waals surface area contributed by atoms with Crippen molar-refractivity contribution in [3.63, 3.8) is 0 Å². The number of benzene rings is 1. The summed E-state index contributed by atoms with van der Waals surface area (Å²) in [5, 5.41) is 6.20. The summed E-state index contributed by atoms with van der Waals surface area (Å²) >= 11 is 3.45. The molecule has 3 nitrogen and oxygen atoms in total. The average molecular weight is 313 g/mol. The van der Waals surface area contributed by atoms with Crippen LogP contribution < -0.4 is 10.6 Å². The van der Waals surface area contributed by atoms with Crippen molar-refractivity contribution in [2.75, 3.05) is 0 Å². The summed E-state index contributed by atoms with van der Waals surface area (Å²) in [6.07, 6.45) is 0. The van der Waals surface area contributed by atoms with E-state index in [1.807, 2.05) is 32.9 Å². The number of amides is 1. The lowest BCUT2D eigenvalue weighted by atomic mass is 10.1. The molecular weight excluding hydrogens is 292 g/mol. The minimum Gasteiger partial charge on any atom is -0.353 e. The Kier molecular flexibility index (Phi) is 5.82. The van der Waals surface area contributed by atoms with E-state index in [0.29, 0.717) is 0 Å². The standard InChI is InChI=1S/C14H21BrN2O/c1-9(2)16-14(18)11(4)17-10(3)12-6-5-7-13(15)8-12/h5-11,17H,1-4H3,(H,16,18)/t10-,11?/m0/s1. The highest BCUT2D eigenvalue weighted by Gasteiger charge is 2.16. The third kappa shape index (κ3) is 4.78. The number of halogens is 1. The maximum Gasteiger partial charge on any atom is 0.237 e. The Morgan fingerprint density at radius 3 is 2.44 bits per heavy atom. The van der Waals surface area contributed by atoms with Crippen LogP contribution in [0.3, 0.4) is 0 Å². The molecule has 0 fully saturated rings. The Balaban J connectivity index is 2.59. The van der Waals surface area contributed by atoms with Crippen LogP contribution >= 0.6 is 15.9 Å². The number of hydrogen-bond acceptors (Lipinski definition) is 2. The minimum atomic E-state index is -0.207. The first-order valence-corrected chi connectivity index (χ1v) is 7.01. The highest BCUT2D eigenvalue weighted by Crippen LogP contribution is 2.18. The van der Waals surface area contributed by atoms with Crippen molar-refractivity contribution in [1.29, 1.82) is 0 Å². The van der Waals surface area contributed by atoms with Gasteiger partial charge in [-0.1, -0.05) is 28.1 Å². The van der Waals surface area contributed by atoms with Crippen LogP contribution in [0.4, 0.5) is 0 Å². The third-order valence-corrected chi connectivity index (χ3v) is 3.17. The van der Waals surface area contributed by atoms with Crippen molar-refractivity contribution >= 4 is 21.8 Å². The molecule has 0 radical (unpaired) electrons. The van der Waals surface area contributed by atoms with Gasteiger partial charge in [0.15, 0.2) is 0 Å². The number of carbonyl (C=O) groups is 1. The summed E-state index contributed by atoms with van der Waals surface area (Å²) in [5.41, 5.74) is 1.16. The Morgan fingerprint density at radius 2 is 1.89 bits per heavy atom. The molecule has 0 aliphatic rings. The second kappa shape index (κ2) is 6.90. The normalized spacial score (nSPS) is 14.3. The molecule has 0 bridgehead atoms. The molecule has 0 heterocycles. The van der Waals surface area contributed by atoms with E-state index in [9.17, 15) is 4.79 Å². The van der Waals surface area contributed by atoms with Gasteiger partial charge in [0, 0.05) is 16.6 Å². The van der Waals surface area contributed by atoms with Crippen molar-refractivity contribution in [3.8, 4) is 0 Å². The molecule has 2 N–H and O–H groups in total. The van der Waals surface area contributed by atoms with Gasteiger partial charge in [0.2, 0.25) is 5.91 Å². The largest absolute Gasteiger partial charge is 0.353 e. The number of nitrogens with one attached hydrogen (secondary N) is 2. The molecule has 100 valence electrons. The van der Waals surface area contributed by atoms with Gasteiger partial charge in [0.25, 0.3) is 0 Å². The minimum absolute atomic E-state index is 0.0341. The molecule has 0 aliphatic heterocycles. The molecule has 0 saturated heterocycles. The van der Waals surface area contributed by atoms with Gasteiger partial charge in [-0.05, 0) is 45.4 Å². The average Bonchev–Trinajstić information content (AvgIpc) is 2.27. The van der Waals surface area contributed by atoms with Crippen LogP contribution in [0.15, 0.2) is 28.7 Å². The summed E-state index contributed by atoms with van der Waals surface area (Å²) in [7, 11) is 0. The molecule has 1 aromatic carbocycles. The molecule has 1 rings (SSSR count). The molecule has 0 aromatic heterocycles. The van der Waals surface area contributed by atoms with Crippen molar-refractivity contribution in [1.82, 2.24) is 10.6 Å². The van der Waals surface area contributed by atoms with Crippen molar-refractivity contribution < 1.29 is 4.79 Å². The SMILES string of the molecule is CC(C)NC(=O)C(C)N[C@@H](C)c1cccc(Br)c1. The van der Waals surface area contributed by atoms with Crippen LogP contribution in [0.25, 0.3) is 0 Å². The van der Waals surface area contributed by atoms with Crippen LogP contribution in [0.5, 0.6) is 0 Å². The van der Waals surface area contributed by atoms with Crippen LogP contribution in [-0.4, -0.2) is 18.0 Å². The van der Waals surface area contributed by atoms with Gasteiger partial charge in [-0.25, -0.2) is 0 Å². The van der Waals surface area contributed by atoms with Gasteiger partial charge in [-0.3, -0.25) is 10.1 Å². The molecule has 2 atom stereocenters. The molecule has 0 spiro atoms. The Morgan fingerprint density at radius 1 is 1.22 bits per heavy atom. The van der Waals surface area contributed by atoms with Crippen molar-refractivity contribution in [2.45, 2.75) is 45.8 Å². The van der Waals surface area contributed by atoms with E-state index in [-0.39, 0.29) is 24.0 Å². The first kappa shape index (κ1) is 15.2. The zero-order valence-corrected chi connectivity index (χ0v) is 12.9. The third-order valence-electron chi connectivity index (χ3n) is 2.67. The van der Waals surface area contributed by atoms with Crippen LogP contribution in [-0.2, 0) is 4.79 Å². The van der Waals surface area contributed by atoms with Gasteiger partial charge in [-0.15, -0.1) is 0 Å². The van der Waals surface area contributed by atoms with E-state index in [4.69, 9.17) is 0 Å². The van der Waals surface area contributed by atoms with Gasteiger partial charge < -0.3 is 5.32 Å². The monoisotopic (exact) mass is 312 g/mol. The predicted octanol–water partition coefficient (Wildman–Crippen LogP) is 3.01. The fourth-order valence-electron chi connectivity index (χ4n) is 1.73. The fourth-order valence-corrected chi connectivity index (χ4v) is 2.15. The Hall–Kier alpha value is -0.870. The molecule has 18 heavy (non-hydrogen) atoms. The summed E-state index contributed by atoms with van der Waals surface area (Å²) in [6.45, 7) is 7.86. The lowest BCUT2D eigenvalue weighted by molar-refractivity contribution is -0.123. The zero-order chi connectivity index (χ0) is 13.7. The summed E-state index contributed by atoms with van der Waals surface area (Å²) in [6, 6.07) is 8.20. The van der Waals surface area contributed by atoms with E-state index in [2.05, 4.69) is 45.6 Å². The Labute approximate surface area is 117 Å². The second-order valence-corrected chi connectivity index (χ2v) is 5.74. The molecule has 1 amide bonds. The van der Waals surface area contributed by atoms with Crippen molar-refractivity contribution in [3.05, 3.63) is 34.3 Å². The number of hydrogen-bond donors (Lipinski definition) is 2. The van der Waals surface area contributed by atoms with E-state index in [0.717, 1.165) is 10.0 Å². The lowest BCUT2D eigenvalue weighted by Gasteiger charge is -2.21. The van der Waals surface area contributed by atoms with Crippen LogP contribution in [0, 0.1) is 0 Å². The highest BCUT2D eigenvalue weighted by atomic mass is 79.9. The van der Waals surface area contributed by atoms with Gasteiger partial charge in [0.1, 0.15) is 0 Å². The molecule has 0 saturated carbocycles. The summed E-state index contributed by atoms with van der Waals surface area (Å²) in [4.78, 5) is 11.8. The van der Waals surface area contributed by atoms with Crippen LogP contribution in [0.2, 0.25) is 0 Å². The first-order valence-electron chi connectivity index (χ1n) is 6.22. The topological polar surface area (TPSA) is 41.1 Å². The van der Waals surface area contributed by atoms with Crippen molar-refractivity contribution in [2.24, 2.45) is 0 Å². The molecule has 4 heteroatoms. The first-order chi connectivity index (χ1) is 8.40. The number of carbonyl (C=O) groups excluding carboxylic acids is 1. The molecule has 0 aliphatic carbocycles. The van der Waals surface area contributed by atoms with E-state index in [1.54, 1.807) is 0 Å². The van der Waals surface area contributed by atoms with Gasteiger partial charge in [0.05, 0.1) is 6.04 Å². The molecule has 1 aromatic rings. The maximum absolute atomic E-state index is 11.8. The van der Waals surface area contributed by atoms with Gasteiger partial charge in [-0.2, -0.15) is 0 Å². The summed E-state index contributed by atoms with van der Waals surface area (Å²) < 4.78 is 1.05. The lowest BCUT2D eigenvalue weighted by Crippen LogP contribution is -2.45. The molecule has 1 unspecified atom stereocenters.